The van der Waals surface area contributed by atoms with Crippen molar-refractivity contribution in [2.75, 3.05) is 13.2 Å². The van der Waals surface area contributed by atoms with Crippen molar-refractivity contribution in [2.45, 2.75) is 198 Å². The van der Waals surface area contributed by atoms with Crippen LogP contribution in [0.15, 0.2) is 11.6 Å². The van der Waals surface area contributed by atoms with Crippen molar-refractivity contribution >= 4 is 11.9 Å². The number of carbonyl (C=O) groups excluding carboxylic acids is 1. The van der Waals surface area contributed by atoms with Crippen LogP contribution in [-0.2, 0) is 38.0 Å². The minimum atomic E-state index is -1.93. The Morgan fingerprint density at radius 1 is 0.712 bits per heavy atom. The van der Waals surface area contributed by atoms with Crippen LogP contribution in [0.25, 0.3) is 0 Å². The monoisotopic (exact) mass is 942 g/mol. The molecule has 19 heteroatoms. The van der Waals surface area contributed by atoms with Gasteiger partial charge in [-0.25, -0.2) is 4.79 Å². The van der Waals surface area contributed by atoms with Crippen LogP contribution >= 0.6 is 0 Å². The van der Waals surface area contributed by atoms with E-state index in [0.29, 0.717) is 32.1 Å². The number of hydrogen-bond acceptors (Lipinski definition) is 18. The fourth-order valence-corrected chi connectivity index (χ4v) is 15.0. The van der Waals surface area contributed by atoms with Crippen LogP contribution in [0.1, 0.15) is 99.8 Å². The highest BCUT2D eigenvalue weighted by Gasteiger charge is 2.71. The van der Waals surface area contributed by atoms with E-state index in [-0.39, 0.29) is 52.3 Å². The van der Waals surface area contributed by atoms with E-state index in [1.807, 2.05) is 6.92 Å². The van der Waals surface area contributed by atoms with Crippen LogP contribution in [0.3, 0.4) is 0 Å². The molecule has 25 atom stereocenters. The normalized spacial score (nSPS) is 54.7. The number of aliphatic hydroxyl groups is 10. The Labute approximate surface area is 385 Å². The van der Waals surface area contributed by atoms with E-state index in [1.165, 1.54) is 0 Å². The van der Waals surface area contributed by atoms with Crippen molar-refractivity contribution in [3.63, 3.8) is 0 Å². The minimum Gasteiger partial charge on any atom is -0.479 e. The highest BCUT2D eigenvalue weighted by atomic mass is 16.8. The highest BCUT2D eigenvalue weighted by molar-refractivity contribution is 5.79. The fourth-order valence-electron chi connectivity index (χ4n) is 15.0. The number of esters is 1. The molecule has 0 aromatic rings. The third kappa shape index (κ3) is 7.56. The van der Waals surface area contributed by atoms with E-state index in [9.17, 15) is 65.8 Å². The number of allylic oxidation sites excluding steroid dienone is 2. The molecule has 19 nitrogen and oxygen atoms in total. The van der Waals surface area contributed by atoms with Crippen molar-refractivity contribution in [1.29, 1.82) is 0 Å². The summed E-state index contributed by atoms with van der Waals surface area (Å²) in [6.45, 7) is 14.3. The number of aliphatic hydroxyl groups excluding tert-OH is 10. The van der Waals surface area contributed by atoms with E-state index in [2.05, 4.69) is 47.6 Å². The van der Waals surface area contributed by atoms with Gasteiger partial charge in [-0.1, -0.05) is 60.1 Å². The zero-order valence-electron chi connectivity index (χ0n) is 39.0. The van der Waals surface area contributed by atoms with Crippen LogP contribution in [0, 0.1) is 56.7 Å². The summed E-state index contributed by atoms with van der Waals surface area (Å²) in [7, 11) is 0. The first kappa shape index (κ1) is 50.5. The molecule has 8 rings (SSSR count). The Morgan fingerprint density at radius 2 is 1.39 bits per heavy atom. The van der Waals surface area contributed by atoms with E-state index in [1.54, 1.807) is 0 Å². The van der Waals surface area contributed by atoms with Gasteiger partial charge in [-0.05, 0) is 103 Å². The first-order chi connectivity index (χ1) is 30.8. The largest absolute Gasteiger partial charge is 0.479 e. The van der Waals surface area contributed by atoms with Gasteiger partial charge in [-0.15, -0.1) is 0 Å². The molecule has 8 aliphatic rings. The third-order valence-corrected chi connectivity index (χ3v) is 19.3. The van der Waals surface area contributed by atoms with Gasteiger partial charge in [0.05, 0.1) is 30.8 Å². The van der Waals surface area contributed by atoms with Gasteiger partial charge in [-0.3, -0.25) is 4.79 Å². The van der Waals surface area contributed by atoms with Gasteiger partial charge < -0.3 is 84.6 Å². The molecule has 0 bridgehead atoms. The second-order valence-electron chi connectivity index (χ2n) is 22.6. The van der Waals surface area contributed by atoms with Gasteiger partial charge in [0, 0.05) is 0 Å². The summed E-state index contributed by atoms with van der Waals surface area (Å²) < 4.78 is 35.4. The standard InChI is InChI=1S/C47H74O19/c1-19-20(2)28-21-8-9-26-44(5)12-11-27(63-41-37(33(55)32(54)36(64-41)38(58)59)65-39-34(56)29(51)23(50)18-61-39)43(3,4)25(44)10-13-46(26,7)45(21,6)14-15-47(28,16-22(19)49)42(60)66-40-35(57)31(53)30(52)24(17-48)62-40/h8,19-20,22-37,39-41,48-57H,9-18H2,1-7H3,(H,58,59). The van der Waals surface area contributed by atoms with Crippen molar-refractivity contribution in [1.82, 2.24) is 0 Å². The maximum absolute atomic E-state index is 14.7. The maximum atomic E-state index is 14.7. The van der Waals surface area contributed by atoms with Gasteiger partial charge in [0.2, 0.25) is 6.29 Å². The minimum absolute atomic E-state index is 0.0780. The molecule has 4 saturated carbocycles. The maximum Gasteiger partial charge on any atom is 0.335 e. The third-order valence-electron chi connectivity index (χ3n) is 19.3. The Bertz CT molecular complexity index is 1850. The zero-order valence-corrected chi connectivity index (χ0v) is 39.0. The number of fused-ring (bicyclic) bond motifs is 7. The summed E-state index contributed by atoms with van der Waals surface area (Å²) in [6, 6.07) is 0. The molecule has 66 heavy (non-hydrogen) atoms. The molecule has 0 aromatic heterocycles. The van der Waals surface area contributed by atoms with Crippen molar-refractivity contribution in [3.05, 3.63) is 11.6 Å². The van der Waals surface area contributed by atoms with Gasteiger partial charge in [-0.2, -0.15) is 0 Å². The summed E-state index contributed by atoms with van der Waals surface area (Å²) in [5, 5.41) is 116. The SMILES string of the molecule is CC1C(O)CC2(C(=O)OC3OC(CO)C(O)C(O)C3O)CCC3(C)C(=CCC4C5(C)CCC(OC6OC(C(=O)O)C(O)C(O)C6OC6OCC(O)C(O)C6O)C(C)(C)C5CCC43C)C2C1C. The summed E-state index contributed by atoms with van der Waals surface area (Å²) in [4.78, 5) is 27.0. The van der Waals surface area contributed by atoms with Gasteiger partial charge >= 0.3 is 11.9 Å². The number of carboxylic acid groups (broad SMARTS) is 1. The topological polar surface area (TPSA) is 312 Å². The number of aliphatic carboxylic acids is 1. The Kier molecular flexibility index (Phi) is 13.6. The lowest BCUT2D eigenvalue weighted by atomic mass is 9.33. The summed E-state index contributed by atoms with van der Waals surface area (Å²) in [5.74, 6) is -2.58. The zero-order chi connectivity index (χ0) is 48.4. The molecule has 0 spiro atoms. The van der Waals surface area contributed by atoms with Crippen molar-refractivity contribution in [2.24, 2.45) is 56.7 Å². The average molecular weight is 943 g/mol. The van der Waals surface area contributed by atoms with Crippen LogP contribution in [0.2, 0.25) is 0 Å². The second-order valence-corrected chi connectivity index (χ2v) is 22.6. The van der Waals surface area contributed by atoms with Crippen molar-refractivity contribution < 1.29 is 94.2 Å². The molecule has 5 aliphatic carbocycles. The molecule has 0 aromatic carbocycles. The summed E-state index contributed by atoms with van der Waals surface area (Å²) in [6.07, 6.45) is -17.5. The molecule has 7 fully saturated rings. The van der Waals surface area contributed by atoms with Crippen LogP contribution in [0.5, 0.6) is 0 Å². The molecular weight excluding hydrogens is 868 g/mol. The molecule has 0 amide bonds. The lowest BCUT2D eigenvalue weighted by molar-refractivity contribution is -0.366. The van der Waals surface area contributed by atoms with E-state index in [4.69, 9.17) is 28.4 Å². The highest BCUT2D eigenvalue weighted by Crippen LogP contribution is 2.76. The number of hydrogen-bond donors (Lipinski definition) is 11. The summed E-state index contributed by atoms with van der Waals surface area (Å²) >= 11 is 0. The fraction of sp³-hybridized carbons (Fsp3) is 0.915. The number of carboxylic acids is 1. The molecule has 25 unspecified atom stereocenters. The molecule has 11 N–H and O–H groups in total. The Morgan fingerprint density at radius 3 is 2.06 bits per heavy atom. The predicted octanol–water partition coefficient (Wildman–Crippen LogP) is -0.301. The van der Waals surface area contributed by atoms with E-state index < -0.39 is 134 Å². The van der Waals surface area contributed by atoms with Crippen molar-refractivity contribution in [3.8, 4) is 0 Å². The predicted molar refractivity (Wildman–Crippen MR) is 226 cm³/mol. The smallest absolute Gasteiger partial charge is 0.335 e. The first-order valence-electron chi connectivity index (χ1n) is 23.9. The molecular formula is C47H74O19. The average Bonchev–Trinajstić information content (AvgIpc) is 3.26. The lowest BCUT2D eigenvalue weighted by Crippen LogP contribution is -2.67. The van der Waals surface area contributed by atoms with Crippen LogP contribution < -0.4 is 0 Å². The van der Waals surface area contributed by atoms with Crippen LogP contribution in [0.4, 0.5) is 0 Å². The number of carbonyl (C=O) groups is 2. The molecule has 0 radical (unpaired) electrons. The molecule has 3 heterocycles. The molecule has 3 aliphatic heterocycles. The summed E-state index contributed by atoms with van der Waals surface area (Å²) in [5.41, 5.74) is -1.46. The first-order valence-corrected chi connectivity index (χ1v) is 23.9. The lowest BCUT2D eigenvalue weighted by Gasteiger charge is -2.71. The Hall–Kier alpha value is -1.92. The molecule has 3 saturated heterocycles. The van der Waals surface area contributed by atoms with E-state index >= 15 is 0 Å². The van der Waals surface area contributed by atoms with Gasteiger partial charge in [0.1, 0.15) is 61.0 Å². The van der Waals surface area contributed by atoms with Crippen LogP contribution in [-0.4, -0.2) is 180 Å². The number of ether oxygens (including phenoxy) is 6. The second kappa shape index (κ2) is 17.7. The Balaban J connectivity index is 1.06. The van der Waals surface area contributed by atoms with Gasteiger partial charge in [0.25, 0.3) is 0 Å². The number of rotatable bonds is 8. The van der Waals surface area contributed by atoms with Gasteiger partial charge in [0.15, 0.2) is 18.7 Å². The molecule has 376 valence electrons. The van der Waals surface area contributed by atoms with E-state index in [0.717, 1.165) is 18.4 Å². The quantitative estimate of drug-likeness (QED) is 0.0846.